The first-order valence-corrected chi connectivity index (χ1v) is 12.4. The number of anilines is 1. The van der Waals surface area contributed by atoms with Crippen molar-refractivity contribution in [1.82, 2.24) is 15.2 Å². The summed E-state index contributed by atoms with van der Waals surface area (Å²) >= 11 is 2.34. The van der Waals surface area contributed by atoms with Crippen LogP contribution in [0.15, 0.2) is 34.0 Å². The van der Waals surface area contributed by atoms with Crippen LogP contribution in [0.3, 0.4) is 0 Å². The Labute approximate surface area is 207 Å². The number of thiazole rings is 1. The SMILES string of the molecule is NC(=O)OCC1=C(C(=O)O)N2C(=O)C(NC(=O)C(=NOC3C=CCCC3)c3csc(N)n3)[C@@H]2SC1. The Morgan fingerprint density at radius 1 is 1.37 bits per heavy atom. The van der Waals surface area contributed by atoms with E-state index < -0.39 is 35.3 Å². The van der Waals surface area contributed by atoms with Gasteiger partial charge in [-0.2, -0.15) is 0 Å². The number of primary amides is 1. The molecule has 0 spiro atoms. The van der Waals surface area contributed by atoms with Crippen molar-refractivity contribution in [3.05, 3.63) is 34.5 Å². The van der Waals surface area contributed by atoms with E-state index in [1.807, 2.05) is 12.2 Å². The van der Waals surface area contributed by atoms with E-state index in [9.17, 15) is 24.3 Å². The number of carboxylic acids is 1. The molecular weight excluding hydrogens is 500 g/mol. The summed E-state index contributed by atoms with van der Waals surface area (Å²) in [6.45, 7) is -0.355. The van der Waals surface area contributed by atoms with E-state index in [4.69, 9.17) is 21.0 Å². The van der Waals surface area contributed by atoms with Crippen LogP contribution in [0.5, 0.6) is 0 Å². The van der Waals surface area contributed by atoms with Gasteiger partial charge in [-0.05, 0) is 25.3 Å². The monoisotopic (exact) mass is 522 g/mol. The number of hydrogen-bond acceptors (Lipinski definition) is 11. The van der Waals surface area contributed by atoms with E-state index in [1.54, 1.807) is 5.38 Å². The van der Waals surface area contributed by atoms with Gasteiger partial charge in [0.25, 0.3) is 11.8 Å². The molecule has 3 aliphatic rings. The standard InChI is InChI=1S/C20H22N6O7S2/c21-19-23-11(8-35-19)12(25-33-10-4-2-1-3-5-10)15(27)24-13-16(28)26-14(18(29)30)9(6-32-20(22)31)7-34-17(13)26/h2,4,8,10,13,17H,1,3,5-7H2,(H2,21,23)(H2,22,31)(H,24,27)(H,29,30)/t10?,13?,17-/m0/s1. The van der Waals surface area contributed by atoms with Crippen molar-refractivity contribution in [3.8, 4) is 0 Å². The number of nitrogens with one attached hydrogen (secondary N) is 1. The molecule has 13 nitrogen and oxygen atoms in total. The maximum atomic E-state index is 13.1. The minimum absolute atomic E-state index is 0.145. The molecule has 0 radical (unpaired) electrons. The van der Waals surface area contributed by atoms with E-state index in [1.165, 1.54) is 11.8 Å². The zero-order valence-corrected chi connectivity index (χ0v) is 19.8. The highest BCUT2D eigenvalue weighted by Gasteiger charge is 2.54. The van der Waals surface area contributed by atoms with Gasteiger partial charge in [0.05, 0.1) is 0 Å². The van der Waals surface area contributed by atoms with Gasteiger partial charge in [0.1, 0.15) is 35.5 Å². The van der Waals surface area contributed by atoms with Gasteiger partial charge in [0.15, 0.2) is 10.8 Å². The largest absolute Gasteiger partial charge is 0.477 e. The number of fused-ring (bicyclic) bond motifs is 1. The number of nitrogen functional groups attached to an aromatic ring is 1. The van der Waals surface area contributed by atoms with Crippen LogP contribution in [0.25, 0.3) is 0 Å². The molecule has 6 N–H and O–H groups in total. The molecule has 1 aromatic rings. The molecule has 3 amide bonds. The Morgan fingerprint density at radius 2 is 2.17 bits per heavy atom. The molecule has 0 bridgehead atoms. The van der Waals surface area contributed by atoms with Gasteiger partial charge in [0.2, 0.25) is 0 Å². The average Bonchev–Trinajstić information content (AvgIpc) is 3.26. The first-order chi connectivity index (χ1) is 16.8. The van der Waals surface area contributed by atoms with Crippen LogP contribution in [0, 0.1) is 0 Å². The summed E-state index contributed by atoms with van der Waals surface area (Å²) in [5, 5.41) is 17.4. The average molecular weight is 523 g/mol. The summed E-state index contributed by atoms with van der Waals surface area (Å²) in [5.41, 5.74) is 10.7. The summed E-state index contributed by atoms with van der Waals surface area (Å²) in [7, 11) is 0. The van der Waals surface area contributed by atoms with E-state index in [0.717, 1.165) is 35.5 Å². The third-order valence-electron chi connectivity index (χ3n) is 5.39. The number of ether oxygens (including phenoxy) is 1. The smallest absolute Gasteiger partial charge is 0.404 e. The number of carbonyl (C=O) groups excluding carboxylic acids is 3. The van der Waals surface area contributed by atoms with Gasteiger partial charge in [-0.15, -0.1) is 23.1 Å². The second-order valence-electron chi connectivity index (χ2n) is 7.74. The van der Waals surface area contributed by atoms with Crippen LogP contribution in [-0.4, -0.2) is 74.5 Å². The molecule has 1 aromatic heterocycles. The summed E-state index contributed by atoms with van der Waals surface area (Å²) in [5.74, 6) is -2.53. The number of hydrogen-bond donors (Lipinski definition) is 4. The van der Waals surface area contributed by atoms with Crippen molar-refractivity contribution in [3.63, 3.8) is 0 Å². The van der Waals surface area contributed by atoms with Crippen molar-refractivity contribution in [1.29, 1.82) is 0 Å². The molecule has 1 aliphatic carbocycles. The Balaban J connectivity index is 1.51. The molecule has 3 heterocycles. The predicted octanol–water partition coefficient (Wildman–Crippen LogP) is 0.389. The lowest BCUT2D eigenvalue weighted by molar-refractivity contribution is -0.150. The fourth-order valence-electron chi connectivity index (χ4n) is 3.75. The minimum Gasteiger partial charge on any atom is -0.477 e. The summed E-state index contributed by atoms with van der Waals surface area (Å²) in [6.07, 6.45) is 5.11. The first-order valence-electron chi connectivity index (χ1n) is 10.5. The number of aromatic nitrogens is 1. The van der Waals surface area contributed by atoms with Gasteiger partial charge >= 0.3 is 12.1 Å². The number of aliphatic carboxylic acids is 1. The molecule has 3 atom stereocenters. The van der Waals surface area contributed by atoms with Gasteiger partial charge in [-0.25, -0.2) is 14.6 Å². The molecule has 35 heavy (non-hydrogen) atoms. The van der Waals surface area contributed by atoms with Crippen LogP contribution in [-0.2, 0) is 24.0 Å². The molecule has 186 valence electrons. The fraction of sp³-hybridized carbons (Fsp3) is 0.400. The van der Waals surface area contributed by atoms with Crippen molar-refractivity contribution in [2.24, 2.45) is 10.9 Å². The van der Waals surface area contributed by atoms with E-state index in [-0.39, 0.29) is 46.3 Å². The number of nitrogens with two attached hydrogens (primary N) is 2. The van der Waals surface area contributed by atoms with Crippen molar-refractivity contribution >= 4 is 57.8 Å². The zero-order valence-electron chi connectivity index (χ0n) is 18.2. The van der Waals surface area contributed by atoms with Crippen molar-refractivity contribution in [2.45, 2.75) is 36.8 Å². The first kappa shape index (κ1) is 24.5. The van der Waals surface area contributed by atoms with Crippen LogP contribution in [0.1, 0.15) is 25.0 Å². The van der Waals surface area contributed by atoms with Crippen LogP contribution in [0.2, 0.25) is 0 Å². The lowest BCUT2D eigenvalue weighted by Crippen LogP contribution is -2.71. The molecule has 4 rings (SSSR count). The van der Waals surface area contributed by atoms with Gasteiger partial charge in [-0.1, -0.05) is 11.2 Å². The maximum Gasteiger partial charge on any atom is 0.404 e. The second-order valence-corrected chi connectivity index (χ2v) is 9.73. The third kappa shape index (κ3) is 5.24. The minimum atomic E-state index is -1.36. The van der Waals surface area contributed by atoms with Crippen molar-refractivity contribution < 1.29 is 33.9 Å². The van der Waals surface area contributed by atoms with Crippen LogP contribution >= 0.6 is 23.1 Å². The lowest BCUT2D eigenvalue weighted by Gasteiger charge is -2.49. The number of thioether (sulfide) groups is 1. The number of rotatable bonds is 8. The lowest BCUT2D eigenvalue weighted by atomic mass is 10.0. The summed E-state index contributed by atoms with van der Waals surface area (Å²) in [6, 6.07) is -1.00. The third-order valence-corrected chi connectivity index (χ3v) is 7.41. The second kappa shape index (κ2) is 10.4. The molecule has 1 fully saturated rings. The van der Waals surface area contributed by atoms with E-state index in [2.05, 4.69) is 15.5 Å². The molecule has 15 heteroatoms. The Hall–Kier alpha value is -3.59. The number of carbonyl (C=O) groups is 4. The molecular formula is C20H22N6O7S2. The van der Waals surface area contributed by atoms with Crippen LogP contribution < -0.4 is 16.8 Å². The topological polar surface area (TPSA) is 200 Å². The number of carboxylic acid groups (broad SMARTS) is 1. The quantitative estimate of drug-likeness (QED) is 0.160. The number of nitrogens with zero attached hydrogens (tertiary/aromatic N) is 3. The van der Waals surface area contributed by atoms with E-state index in [0.29, 0.717) is 0 Å². The summed E-state index contributed by atoms with van der Waals surface area (Å²) < 4.78 is 4.70. The Bertz CT molecular complexity index is 1150. The van der Waals surface area contributed by atoms with Crippen LogP contribution in [0.4, 0.5) is 9.93 Å². The number of β-lactam (4-membered cyclic amide) rings is 1. The highest BCUT2D eigenvalue weighted by Crippen LogP contribution is 2.40. The van der Waals surface area contributed by atoms with E-state index >= 15 is 0 Å². The Kier molecular flexibility index (Phi) is 7.25. The normalized spacial score (nSPS) is 23.9. The zero-order chi connectivity index (χ0) is 25.1. The molecule has 2 aliphatic heterocycles. The Morgan fingerprint density at radius 3 is 2.80 bits per heavy atom. The predicted molar refractivity (Wildman–Crippen MR) is 126 cm³/mol. The van der Waals surface area contributed by atoms with Gasteiger partial charge < -0.3 is 31.5 Å². The van der Waals surface area contributed by atoms with Gasteiger partial charge in [-0.3, -0.25) is 14.5 Å². The maximum absolute atomic E-state index is 13.1. The highest BCUT2D eigenvalue weighted by molar-refractivity contribution is 8.00. The van der Waals surface area contributed by atoms with Crippen molar-refractivity contribution in [2.75, 3.05) is 18.1 Å². The highest BCUT2D eigenvalue weighted by atomic mass is 32.2. The fourth-order valence-corrected chi connectivity index (χ4v) is 5.63. The number of allylic oxidation sites excluding steroid dienone is 1. The van der Waals surface area contributed by atoms with Gasteiger partial charge in [0, 0.05) is 16.7 Å². The summed E-state index contributed by atoms with van der Waals surface area (Å²) in [4.78, 5) is 59.4. The molecule has 1 saturated heterocycles. The molecule has 0 aromatic carbocycles. The number of amides is 3. The number of oxime groups is 1. The molecule has 2 unspecified atom stereocenters. The molecule has 0 saturated carbocycles.